The number of thioether (sulfide) groups is 1. The summed E-state index contributed by atoms with van der Waals surface area (Å²) in [6.07, 6.45) is 0. The van der Waals surface area contributed by atoms with Crippen molar-refractivity contribution >= 4 is 17.7 Å². The van der Waals surface area contributed by atoms with Gasteiger partial charge in [0.2, 0.25) is 11.8 Å². The molecule has 0 unspecified atom stereocenters. The Kier molecular flexibility index (Phi) is 5.68. The maximum Gasteiger partial charge on any atom is 0.231 e. The number of amides is 1. The predicted molar refractivity (Wildman–Crippen MR) is 104 cm³/mol. The number of methoxy groups -OCH3 is 1. The van der Waals surface area contributed by atoms with Crippen molar-refractivity contribution in [2.75, 3.05) is 12.9 Å². The number of carbonyl (C=O) groups excluding carboxylic acids is 1. The van der Waals surface area contributed by atoms with Crippen LogP contribution in [-0.4, -0.2) is 43.7 Å². The number of ether oxygens (including phenoxy) is 1. The van der Waals surface area contributed by atoms with Crippen LogP contribution >= 0.6 is 11.8 Å². The number of rotatable bonds is 7. The van der Waals surface area contributed by atoms with Crippen molar-refractivity contribution in [3.8, 4) is 11.4 Å². The molecule has 9 nitrogen and oxygen atoms in total. The smallest absolute Gasteiger partial charge is 0.231 e. The molecule has 3 aromatic rings. The van der Waals surface area contributed by atoms with E-state index < -0.39 is 5.54 Å². The molecule has 0 aliphatic rings. The highest BCUT2D eigenvalue weighted by atomic mass is 32.2. The van der Waals surface area contributed by atoms with Crippen molar-refractivity contribution in [1.29, 1.82) is 0 Å². The van der Waals surface area contributed by atoms with Crippen LogP contribution in [0, 0.1) is 13.8 Å². The first-order valence-electron chi connectivity index (χ1n) is 8.61. The molecule has 28 heavy (non-hydrogen) atoms. The first-order chi connectivity index (χ1) is 13.3. The average molecular weight is 402 g/mol. The lowest BCUT2D eigenvalue weighted by Crippen LogP contribution is -2.42. The van der Waals surface area contributed by atoms with Gasteiger partial charge in [0.05, 0.1) is 18.4 Å². The first kappa shape index (κ1) is 19.9. The van der Waals surface area contributed by atoms with Crippen molar-refractivity contribution in [2.45, 2.75) is 38.4 Å². The molecule has 3 rings (SSSR count). The normalized spacial score (nSPS) is 11.5. The molecule has 1 aromatic carbocycles. The summed E-state index contributed by atoms with van der Waals surface area (Å²) >= 11 is 1.30. The minimum Gasteiger partial charge on any atom is -0.497 e. The third-order valence-electron chi connectivity index (χ3n) is 4.00. The summed E-state index contributed by atoms with van der Waals surface area (Å²) in [5.74, 6) is 2.39. The summed E-state index contributed by atoms with van der Waals surface area (Å²) in [4.78, 5) is 16.6. The van der Waals surface area contributed by atoms with Gasteiger partial charge < -0.3 is 14.6 Å². The Hall–Kier alpha value is -2.88. The van der Waals surface area contributed by atoms with E-state index in [0.29, 0.717) is 16.9 Å². The molecular weight excluding hydrogens is 380 g/mol. The molecule has 0 aliphatic carbocycles. The molecule has 0 atom stereocenters. The van der Waals surface area contributed by atoms with Crippen LogP contribution in [0.25, 0.3) is 5.69 Å². The van der Waals surface area contributed by atoms with Gasteiger partial charge in [-0.2, -0.15) is 4.98 Å². The zero-order valence-electron chi connectivity index (χ0n) is 16.4. The van der Waals surface area contributed by atoms with Gasteiger partial charge in [0.1, 0.15) is 11.6 Å². The molecule has 0 fully saturated rings. The van der Waals surface area contributed by atoms with E-state index in [1.165, 1.54) is 11.8 Å². The van der Waals surface area contributed by atoms with Crippen LogP contribution in [-0.2, 0) is 10.3 Å². The quantitative estimate of drug-likeness (QED) is 0.600. The molecular formula is C18H22N6O3S. The zero-order valence-corrected chi connectivity index (χ0v) is 17.2. The van der Waals surface area contributed by atoms with E-state index in [2.05, 4.69) is 25.7 Å². The van der Waals surface area contributed by atoms with Gasteiger partial charge in [-0.15, -0.1) is 10.2 Å². The fourth-order valence-corrected chi connectivity index (χ4v) is 3.39. The van der Waals surface area contributed by atoms with E-state index in [9.17, 15) is 4.79 Å². The van der Waals surface area contributed by atoms with Crippen LogP contribution in [0.2, 0.25) is 0 Å². The molecule has 10 heteroatoms. The molecule has 148 valence electrons. The molecule has 0 spiro atoms. The van der Waals surface area contributed by atoms with Gasteiger partial charge in [-0.25, -0.2) is 0 Å². The Morgan fingerprint density at radius 2 is 1.96 bits per heavy atom. The topological polar surface area (TPSA) is 108 Å². The van der Waals surface area contributed by atoms with Gasteiger partial charge >= 0.3 is 0 Å². The van der Waals surface area contributed by atoms with Crippen LogP contribution in [0.15, 0.2) is 33.9 Å². The Labute approximate surface area is 166 Å². The van der Waals surface area contributed by atoms with Gasteiger partial charge in [0, 0.05) is 12.6 Å². The number of nitrogens with zero attached hydrogens (tertiary/aromatic N) is 5. The summed E-state index contributed by atoms with van der Waals surface area (Å²) in [7, 11) is 1.62. The molecule has 1 N–H and O–H groups in total. The van der Waals surface area contributed by atoms with E-state index in [4.69, 9.17) is 9.26 Å². The van der Waals surface area contributed by atoms with Crippen molar-refractivity contribution < 1.29 is 14.1 Å². The molecule has 0 saturated carbocycles. The van der Waals surface area contributed by atoms with E-state index in [-0.39, 0.29) is 11.7 Å². The number of hydrogen-bond donors (Lipinski definition) is 1. The van der Waals surface area contributed by atoms with E-state index >= 15 is 0 Å². The summed E-state index contributed by atoms with van der Waals surface area (Å²) in [5.41, 5.74) is 0.156. The maximum atomic E-state index is 12.5. The predicted octanol–water partition coefficient (Wildman–Crippen LogP) is 2.42. The van der Waals surface area contributed by atoms with Crippen LogP contribution in [0.3, 0.4) is 0 Å². The van der Waals surface area contributed by atoms with E-state index in [0.717, 1.165) is 17.3 Å². The number of hydrogen-bond acceptors (Lipinski definition) is 8. The van der Waals surface area contributed by atoms with Gasteiger partial charge in [-0.1, -0.05) is 16.9 Å². The standard InChI is InChI=1S/C18H22N6O3S/c1-11-21-22-17(24(11)13-6-8-14(26-5)9-7-13)28-10-15(25)20-18(3,4)16-19-12(2)27-23-16/h6-9H,10H2,1-5H3,(H,20,25). The largest absolute Gasteiger partial charge is 0.497 e. The second-order valence-corrected chi connectivity index (χ2v) is 7.60. The lowest BCUT2D eigenvalue weighted by molar-refractivity contribution is -0.120. The Bertz CT molecular complexity index is 964. The second-order valence-electron chi connectivity index (χ2n) is 6.66. The fraction of sp³-hybridized carbons (Fsp3) is 0.389. The fourth-order valence-electron chi connectivity index (χ4n) is 2.59. The minimum absolute atomic E-state index is 0.167. The van der Waals surface area contributed by atoms with E-state index in [1.54, 1.807) is 14.0 Å². The SMILES string of the molecule is COc1ccc(-n2c(C)nnc2SCC(=O)NC(C)(C)c2noc(C)n2)cc1. The summed E-state index contributed by atoms with van der Waals surface area (Å²) < 4.78 is 12.1. The van der Waals surface area contributed by atoms with Gasteiger partial charge in [0.25, 0.3) is 0 Å². The second kappa shape index (κ2) is 8.01. The molecule has 0 bridgehead atoms. The van der Waals surface area contributed by atoms with Crippen molar-refractivity contribution in [2.24, 2.45) is 0 Å². The van der Waals surface area contributed by atoms with Crippen molar-refractivity contribution in [3.05, 3.63) is 41.8 Å². The van der Waals surface area contributed by atoms with Gasteiger partial charge in [-0.3, -0.25) is 9.36 Å². The summed E-state index contributed by atoms with van der Waals surface area (Å²) in [6, 6.07) is 7.57. The number of nitrogens with one attached hydrogen (secondary N) is 1. The lowest BCUT2D eigenvalue weighted by Gasteiger charge is -2.22. The number of aromatic nitrogens is 5. The number of carbonyl (C=O) groups is 1. The lowest BCUT2D eigenvalue weighted by atomic mass is 10.1. The summed E-state index contributed by atoms with van der Waals surface area (Å²) in [6.45, 7) is 7.22. The first-order valence-corrected chi connectivity index (χ1v) is 9.60. The Morgan fingerprint density at radius 1 is 1.25 bits per heavy atom. The molecule has 0 aliphatic heterocycles. The highest BCUT2D eigenvalue weighted by Gasteiger charge is 2.28. The summed E-state index contributed by atoms with van der Waals surface area (Å²) in [5, 5.41) is 15.8. The van der Waals surface area contributed by atoms with Crippen LogP contribution in [0.1, 0.15) is 31.4 Å². The average Bonchev–Trinajstić information content (AvgIpc) is 3.26. The maximum absolute atomic E-state index is 12.5. The van der Waals surface area contributed by atoms with Crippen LogP contribution in [0.4, 0.5) is 0 Å². The number of aryl methyl sites for hydroxylation is 2. The highest BCUT2D eigenvalue weighted by molar-refractivity contribution is 7.99. The minimum atomic E-state index is -0.741. The monoisotopic (exact) mass is 402 g/mol. The third-order valence-corrected chi connectivity index (χ3v) is 4.93. The Morgan fingerprint density at radius 3 is 2.57 bits per heavy atom. The van der Waals surface area contributed by atoms with Crippen LogP contribution in [0.5, 0.6) is 5.75 Å². The molecule has 0 radical (unpaired) electrons. The van der Waals surface area contributed by atoms with Crippen molar-refractivity contribution in [1.82, 2.24) is 30.2 Å². The molecule has 2 aromatic heterocycles. The molecule has 2 heterocycles. The Balaban J connectivity index is 1.68. The van der Waals surface area contributed by atoms with Crippen molar-refractivity contribution in [3.63, 3.8) is 0 Å². The molecule has 1 amide bonds. The zero-order chi connectivity index (χ0) is 20.3. The highest BCUT2D eigenvalue weighted by Crippen LogP contribution is 2.24. The van der Waals surface area contributed by atoms with Crippen LogP contribution < -0.4 is 10.1 Å². The molecule has 0 saturated heterocycles. The van der Waals surface area contributed by atoms with Gasteiger partial charge in [0.15, 0.2) is 11.0 Å². The van der Waals surface area contributed by atoms with E-state index in [1.807, 2.05) is 49.6 Å². The number of benzene rings is 1. The third kappa shape index (κ3) is 4.33. The van der Waals surface area contributed by atoms with Gasteiger partial charge in [-0.05, 0) is 45.0 Å².